The first kappa shape index (κ1) is 18.0. The highest BCUT2D eigenvalue weighted by molar-refractivity contribution is 7.87. The SMILES string of the molecule is CC1CCCN(S(=O)(=O)NC(c2ccccc2F)c2nccn2C)C1. The maximum absolute atomic E-state index is 14.4. The van der Waals surface area contributed by atoms with Gasteiger partial charge in [-0.1, -0.05) is 25.1 Å². The lowest BCUT2D eigenvalue weighted by molar-refractivity contribution is 0.277. The third-order valence-corrected chi connectivity index (χ3v) is 6.10. The van der Waals surface area contributed by atoms with E-state index >= 15 is 0 Å². The number of aromatic nitrogens is 2. The van der Waals surface area contributed by atoms with E-state index in [9.17, 15) is 12.8 Å². The number of halogens is 1. The van der Waals surface area contributed by atoms with Crippen LogP contribution in [0.1, 0.15) is 37.2 Å². The molecule has 1 aliphatic rings. The van der Waals surface area contributed by atoms with Crippen LogP contribution in [0.4, 0.5) is 4.39 Å². The van der Waals surface area contributed by atoms with Gasteiger partial charge in [0.25, 0.3) is 10.2 Å². The smallest absolute Gasteiger partial charge is 0.280 e. The van der Waals surface area contributed by atoms with Crippen LogP contribution < -0.4 is 4.72 Å². The lowest BCUT2D eigenvalue weighted by Gasteiger charge is -2.31. The predicted molar refractivity (Wildman–Crippen MR) is 93.5 cm³/mol. The van der Waals surface area contributed by atoms with E-state index in [2.05, 4.69) is 9.71 Å². The van der Waals surface area contributed by atoms with Crippen molar-refractivity contribution in [1.82, 2.24) is 18.6 Å². The molecule has 1 aromatic carbocycles. The molecule has 2 heterocycles. The Hall–Kier alpha value is -1.77. The quantitative estimate of drug-likeness (QED) is 0.882. The van der Waals surface area contributed by atoms with E-state index in [1.54, 1.807) is 42.2 Å². The summed E-state index contributed by atoms with van der Waals surface area (Å²) in [5.41, 5.74) is 0.255. The molecule has 1 aliphatic heterocycles. The Balaban J connectivity index is 1.96. The molecular weight excluding hydrogens is 343 g/mol. The van der Waals surface area contributed by atoms with Crippen LogP contribution >= 0.6 is 0 Å². The second kappa shape index (κ2) is 7.23. The highest BCUT2D eigenvalue weighted by Gasteiger charge is 2.32. The van der Waals surface area contributed by atoms with Crippen molar-refractivity contribution < 1.29 is 12.8 Å². The third-order valence-electron chi connectivity index (χ3n) is 4.56. The Morgan fingerprint density at radius 1 is 1.36 bits per heavy atom. The fraction of sp³-hybridized carbons (Fsp3) is 0.471. The molecule has 2 unspecified atom stereocenters. The maximum atomic E-state index is 14.4. The van der Waals surface area contributed by atoms with Crippen LogP contribution in [0.5, 0.6) is 0 Å². The number of piperidine rings is 1. The molecule has 2 atom stereocenters. The average Bonchev–Trinajstić information content (AvgIpc) is 2.99. The number of aryl methyl sites for hydroxylation is 1. The van der Waals surface area contributed by atoms with Gasteiger partial charge in [-0.05, 0) is 24.8 Å². The summed E-state index contributed by atoms with van der Waals surface area (Å²) >= 11 is 0. The maximum Gasteiger partial charge on any atom is 0.280 e. The van der Waals surface area contributed by atoms with E-state index in [1.165, 1.54) is 10.4 Å². The summed E-state index contributed by atoms with van der Waals surface area (Å²) in [6.07, 6.45) is 5.12. The molecule has 3 rings (SSSR count). The topological polar surface area (TPSA) is 67.2 Å². The fourth-order valence-corrected chi connectivity index (χ4v) is 4.71. The molecule has 0 amide bonds. The van der Waals surface area contributed by atoms with Gasteiger partial charge in [0.05, 0.1) is 0 Å². The lowest BCUT2D eigenvalue weighted by Crippen LogP contribution is -2.47. The molecule has 1 saturated heterocycles. The Bertz CT molecular complexity index is 837. The summed E-state index contributed by atoms with van der Waals surface area (Å²) in [5.74, 6) is 0.286. The minimum Gasteiger partial charge on any atom is -0.336 e. The third kappa shape index (κ3) is 3.91. The number of hydrogen-bond acceptors (Lipinski definition) is 3. The predicted octanol–water partition coefficient (Wildman–Crippen LogP) is 2.21. The first-order valence-electron chi connectivity index (χ1n) is 8.37. The second-order valence-electron chi connectivity index (χ2n) is 6.58. The summed E-state index contributed by atoms with van der Waals surface area (Å²) in [7, 11) is -2.00. The van der Waals surface area contributed by atoms with Crippen LogP contribution in [0.15, 0.2) is 36.7 Å². The molecule has 8 heteroatoms. The molecule has 136 valence electrons. The largest absolute Gasteiger partial charge is 0.336 e. The van der Waals surface area contributed by atoms with Crippen LogP contribution in [0.25, 0.3) is 0 Å². The van der Waals surface area contributed by atoms with Crippen molar-refractivity contribution in [3.63, 3.8) is 0 Å². The molecule has 1 N–H and O–H groups in total. The molecule has 6 nitrogen and oxygen atoms in total. The number of nitrogens with zero attached hydrogens (tertiary/aromatic N) is 3. The number of nitrogens with one attached hydrogen (secondary N) is 1. The van der Waals surface area contributed by atoms with Crippen LogP contribution in [0.3, 0.4) is 0 Å². The molecule has 0 saturated carbocycles. The van der Waals surface area contributed by atoms with Gasteiger partial charge in [0.2, 0.25) is 0 Å². The Morgan fingerprint density at radius 3 is 2.76 bits per heavy atom. The van der Waals surface area contributed by atoms with E-state index < -0.39 is 22.1 Å². The standard InChI is InChI=1S/C17H23FN4O2S/c1-13-6-5-10-22(12-13)25(23,24)20-16(17-19-9-11-21(17)2)14-7-3-4-8-15(14)18/h3-4,7-9,11,13,16,20H,5-6,10,12H2,1-2H3. The minimum absolute atomic E-state index is 0.255. The van der Waals surface area contributed by atoms with Crippen LogP contribution in [-0.2, 0) is 17.3 Å². The van der Waals surface area contributed by atoms with Gasteiger partial charge in [0, 0.05) is 38.1 Å². The van der Waals surface area contributed by atoms with Gasteiger partial charge in [-0.3, -0.25) is 0 Å². The molecule has 0 spiro atoms. The zero-order chi connectivity index (χ0) is 18.0. The average molecular weight is 366 g/mol. The number of hydrogen-bond donors (Lipinski definition) is 1. The first-order chi connectivity index (χ1) is 11.9. The zero-order valence-electron chi connectivity index (χ0n) is 14.4. The monoisotopic (exact) mass is 366 g/mol. The van der Waals surface area contributed by atoms with E-state index in [-0.39, 0.29) is 5.56 Å². The van der Waals surface area contributed by atoms with Gasteiger partial charge >= 0.3 is 0 Å². The highest BCUT2D eigenvalue weighted by Crippen LogP contribution is 2.26. The van der Waals surface area contributed by atoms with Crippen molar-refractivity contribution in [2.45, 2.75) is 25.8 Å². The molecule has 25 heavy (non-hydrogen) atoms. The summed E-state index contributed by atoms with van der Waals surface area (Å²) in [6.45, 7) is 2.99. The van der Waals surface area contributed by atoms with Gasteiger partial charge in [0.1, 0.15) is 17.7 Å². The summed E-state index contributed by atoms with van der Waals surface area (Å²) in [4.78, 5) is 4.23. The van der Waals surface area contributed by atoms with Crippen molar-refractivity contribution in [3.05, 3.63) is 53.9 Å². The minimum atomic E-state index is -3.76. The normalized spacial score (nSPS) is 20.5. The fourth-order valence-electron chi connectivity index (χ4n) is 3.21. The van der Waals surface area contributed by atoms with Gasteiger partial charge in [-0.25, -0.2) is 9.37 Å². The molecule has 1 aromatic heterocycles. The van der Waals surface area contributed by atoms with Gasteiger partial charge in [0.15, 0.2) is 0 Å². The Labute approximate surface area is 147 Å². The lowest BCUT2D eigenvalue weighted by atomic mass is 10.0. The van der Waals surface area contributed by atoms with Crippen molar-refractivity contribution >= 4 is 10.2 Å². The molecule has 2 aromatic rings. The highest BCUT2D eigenvalue weighted by atomic mass is 32.2. The molecule has 0 aliphatic carbocycles. The first-order valence-corrected chi connectivity index (χ1v) is 9.81. The van der Waals surface area contributed by atoms with E-state index in [0.29, 0.717) is 24.8 Å². The summed E-state index contributed by atoms with van der Waals surface area (Å²) in [6, 6.07) is 5.28. The van der Waals surface area contributed by atoms with E-state index in [4.69, 9.17) is 0 Å². The molecule has 0 radical (unpaired) electrons. The van der Waals surface area contributed by atoms with Crippen molar-refractivity contribution in [2.24, 2.45) is 13.0 Å². The van der Waals surface area contributed by atoms with E-state index in [1.807, 2.05) is 6.92 Å². The second-order valence-corrected chi connectivity index (χ2v) is 8.28. The molecular formula is C17H23FN4O2S. The number of rotatable bonds is 5. The van der Waals surface area contributed by atoms with Crippen LogP contribution in [0, 0.1) is 11.7 Å². The number of benzene rings is 1. The summed E-state index contributed by atoms with van der Waals surface area (Å²) < 4.78 is 45.9. The summed E-state index contributed by atoms with van der Waals surface area (Å²) in [5, 5.41) is 0. The van der Waals surface area contributed by atoms with E-state index in [0.717, 1.165) is 12.8 Å². The van der Waals surface area contributed by atoms with Crippen molar-refractivity contribution in [1.29, 1.82) is 0 Å². The van der Waals surface area contributed by atoms with Gasteiger partial charge < -0.3 is 4.57 Å². The van der Waals surface area contributed by atoms with Gasteiger partial charge in [-0.2, -0.15) is 17.4 Å². The van der Waals surface area contributed by atoms with Gasteiger partial charge in [-0.15, -0.1) is 0 Å². The Morgan fingerprint density at radius 2 is 2.12 bits per heavy atom. The zero-order valence-corrected chi connectivity index (χ0v) is 15.2. The molecule has 1 fully saturated rings. The van der Waals surface area contributed by atoms with Crippen molar-refractivity contribution in [2.75, 3.05) is 13.1 Å². The molecule has 0 bridgehead atoms. The Kier molecular flexibility index (Phi) is 5.21. The van der Waals surface area contributed by atoms with Crippen LogP contribution in [0.2, 0.25) is 0 Å². The number of imidazole rings is 1. The van der Waals surface area contributed by atoms with Crippen LogP contribution in [-0.4, -0.2) is 35.4 Å². The van der Waals surface area contributed by atoms with Crippen molar-refractivity contribution in [3.8, 4) is 0 Å².